The van der Waals surface area contributed by atoms with Crippen molar-refractivity contribution >= 4 is 27.5 Å². The summed E-state index contributed by atoms with van der Waals surface area (Å²) >= 11 is 9.21. The Labute approximate surface area is 108 Å². The van der Waals surface area contributed by atoms with Gasteiger partial charge < -0.3 is 4.74 Å². The standard InChI is InChI=1S/C10H13BrClN3O/c1-2-15-3-4-16-8(6-15)10-13-5-7(11)9(12)14-10/h5,8H,2-4,6H2,1H3. The van der Waals surface area contributed by atoms with Crippen LogP contribution in [0.2, 0.25) is 5.15 Å². The third-order valence-corrected chi connectivity index (χ3v) is 3.70. The SMILES string of the molecule is CCN1CCOC(c2ncc(Br)c(Cl)n2)C1. The van der Waals surface area contributed by atoms with Gasteiger partial charge in [-0.15, -0.1) is 0 Å². The first-order valence-electron chi connectivity index (χ1n) is 5.22. The van der Waals surface area contributed by atoms with E-state index >= 15 is 0 Å². The monoisotopic (exact) mass is 305 g/mol. The van der Waals surface area contributed by atoms with Gasteiger partial charge in [0.2, 0.25) is 0 Å². The number of aromatic nitrogens is 2. The third-order valence-electron chi connectivity index (χ3n) is 2.61. The minimum absolute atomic E-state index is 0.0701. The summed E-state index contributed by atoms with van der Waals surface area (Å²) in [6.45, 7) is 5.67. The summed E-state index contributed by atoms with van der Waals surface area (Å²) in [5, 5.41) is 0.433. The number of ether oxygens (including phenoxy) is 1. The van der Waals surface area contributed by atoms with Crippen LogP contribution in [-0.4, -0.2) is 41.1 Å². The molecule has 2 heterocycles. The topological polar surface area (TPSA) is 38.2 Å². The van der Waals surface area contributed by atoms with Crippen LogP contribution in [0.25, 0.3) is 0 Å². The van der Waals surface area contributed by atoms with Gasteiger partial charge in [-0.05, 0) is 22.5 Å². The van der Waals surface area contributed by atoms with E-state index in [0.717, 1.165) is 26.2 Å². The molecule has 1 aliphatic heterocycles. The number of nitrogens with zero attached hydrogens (tertiary/aromatic N) is 3. The number of likely N-dealkylation sites (N-methyl/N-ethyl adjacent to an activating group) is 1. The lowest BCUT2D eigenvalue weighted by Gasteiger charge is -2.31. The lowest BCUT2D eigenvalue weighted by Crippen LogP contribution is -2.38. The molecule has 0 saturated carbocycles. The van der Waals surface area contributed by atoms with Crippen molar-refractivity contribution in [1.82, 2.24) is 14.9 Å². The maximum atomic E-state index is 5.94. The molecular weight excluding hydrogens is 293 g/mol. The van der Waals surface area contributed by atoms with E-state index in [1.165, 1.54) is 0 Å². The van der Waals surface area contributed by atoms with Gasteiger partial charge >= 0.3 is 0 Å². The van der Waals surface area contributed by atoms with Gasteiger partial charge in [0.1, 0.15) is 11.3 Å². The molecule has 0 spiro atoms. The molecule has 88 valence electrons. The first kappa shape index (κ1) is 12.2. The summed E-state index contributed by atoms with van der Waals surface area (Å²) in [5.74, 6) is 0.659. The van der Waals surface area contributed by atoms with E-state index in [9.17, 15) is 0 Å². The fourth-order valence-electron chi connectivity index (χ4n) is 1.66. The van der Waals surface area contributed by atoms with Crippen LogP contribution >= 0.6 is 27.5 Å². The normalized spacial score (nSPS) is 22.3. The van der Waals surface area contributed by atoms with Crippen LogP contribution < -0.4 is 0 Å². The zero-order valence-electron chi connectivity index (χ0n) is 8.99. The smallest absolute Gasteiger partial charge is 0.160 e. The van der Waals surface area contributed by atoms with Crippen molar-refractivity contribution in [3.05, 3.63) is 21.6 Å². The van der Waals surface area contributed by atoms with Crippen LogP contribution in [-0.2, 0) is 4.74 Å². The maximum absolute atomic E-state index is 5.94. The van der Waals surface area contributed by atoms with Crippen molar-refractivity contribution in [2.24, 2.45) is 0 Å². The summed E-state index contributed by atoms with van der Waals surface area (Å²) in [7, 11) is 0. The van der Waals surface area contributed by atoms with E-state index in [0.29, 0.717) is 15.5 Å². The first-order valence-corrected chi connectivity index (χ1v) is 6.39. The van der Waals surface area contributed by atoms with Gasteiger partial charge in [-0.25, -0.2) is 9.97 Å². The minimum atomic E-state index is -0.0701. The van der Waals surface area contributed by atoms with Crippen LogP contribution in [0.5, 0.6) is 0 Å². The number of rotatable bonds is 2. The molecule has 1 fully saturated rings. The molecule has 0 aromatic carbocycles. The van der Waals surface area contributed by atoms with Crippen molar-refractivity contribution < 1.29 is 4.74 Å². The van der Waals surface area contributed by atoms with Crippen molar-refractivity contribution in [3.8, 4) is 0 Å². The average molecular weight is 307 g/mol. The molecule has 1 unspecified atom stereocenters. The highest BCUT2D eigenvalue weighted by molar-refractivity contribution is 9.10. The highest BCUT2D eigenvalue weighted by Gasteiger charge is 2.23. The van der Waals surface area contributed by atoms with Gasteiger partial charge in [-0.1, -0.05) is 18.5 Å². The highest BCUT2D eigenvalue weighted by atomic mass is 79.9. The summed E-state index contributed by atoms with van der Waals surface area (Å²) in [5.41, 5.74) is 0. The summed E-state index contributed by atoms with van der Waals surface area (Å²) in [6, 6.07) is 0. The van der Waals surface area contributed by atoms with Crippen LogP contribution in [0.4, 0.5) is 0 Å². The van der Waals surface area contributed by atoms with E-state index in [2.05, 4.69) is 37.7 Å². The molecule has 0 bridgehead atoms. The van der Waals surface area contributed by atoms with E-state index in [1.54, 1.807) is 6.20 Å². The summed E-state index contributed by atoms with van der Waals surface area (Å²) in [6.07, 6.45) is 1.60. The number of hydrogen-bond acceptors (Lipinski definition) is 4. The number of halogens is 2. The Morgan fingerprint density at radius 3 is 3.19 bits per heavy atom. The zero-order valence-corrected chi connectivity index (χ0v) is 11.3. The van der Waals surface area contributed by atoms with Crippen molar-refractivity contribution in [2.45, 2.75) is 13.0 Å². The van der Waals surface area contributed by atoms with Gasteiger partial charge in [0.15, 0.2) is 5.82 Å². The predicted molar refractivity (Wildman–Crippen MR) is 65.5 cm³/mol. The Morgan fingerprint density at radius 1 is 1.69 bits per heavy atom. The molecule has 0 amide bonds. The van der Waals surface area contributed by atoms with Gasteiger partial charge in [0.25, 0.3) is 0 Å². The molecule has 0 radical (unpaired) electrons. The molecule has 0 aliphatic carbocycles. The van der Waals surface area contributed by atoms with Crippen LogP contribution in [0, 0.1) is 0 Å². The fraction of sp³-hybridized carbons (Fsp3) is 0.600. The quantitative estimate of drug-likeness (QED) is 0.786. The number of morpholine rings is 1. The molecule has 6 heteroatoms. The molecule has 4 nitrogen and oxygen atoms in total. The summed E-state index contributed by atoms with van der Waals surface area (Å²) in [4.78, 5) is 10.8. The molecule has 1 aromatic rings. The lowest BCUT2D eigenvalue weighted by atomic mass is 10.2. The Kier molecular flexibility index (Phi) is 4.13. The highest BCUT2D eigenvalue weighted by Crippen LogP contribution is 2.23. The van der Waals surface area contributed by atoms with Gasteiger partial charge in [0.05, 0.1) is 11.1 Å². The van der Waals surface area contributed by atoms with Gasteiger partial charge in [0, 0.05) is 19.3 Å². The second kappa shape index (κ2) is 5.40. The van der Waals surface area contributed by atoms with Crippen molar-refractivity contribution in [2.75, 3.05) is 26.2 Å². The molecule has 1 atom stereocenters. The van der Waals surface area contributed by atoms with Crippen LogP contribution in [0.3, 0.4) is 0 Å². The van der Waals surface area contributed by atoms with Crippen LogP contribution in [0.1, 0.15) is 18.9 Å². The second-order valence-corrected chi connectivity index (χ2v) is 4.83. The second-order valence-electron chi connectivity index (χ2n) is 3.62. The minimum Gasteiger partial charge on any atom is -0.368 e. The molecule has 2 rings (SSSR count). The molecule has 16 heavy (non-hydrogen) atoms. The largest absolute Gasteiger partial charge is 0.368 e. The molecule has 1 aliphatic rings. The molecular formula is C10H13BrClN3O. The third kappa shape index (κ3) is 2.71. The Balaban J connectivity index is 2.13. The lowest BCUT2D eigenvalue weighted by molar-refractivity contribution is -0.0325. The van der Waals surface area contributed by atoms with Crippen molar-refractivity contribution in [1.29, 1.82) is 0 Å². The van der Waals surface area contributed by atoms with Gasteiger partial charge in [-0.3, -0.25) is 4.90 Å². The fourth-order valence-corrected chi connectivity index (χ4v) is 1.99. The van der Waals surface area contributed by atoms with E-state index in [-0.39, 0.29) is 6.10 Å². The average Bonchev–Trinajstić information content (AvgIpc) is 2.33. The Morgan fingerprint density at radius 2 is 2.50 bits per heavy atom. The molecule has 1 saturated heterocycles. The Hall–Kier alpha value is -0.230. The predicted octanol–water partition coefficient (Wildman–Crippen LogP) is 2.29. The van der Waals surface area contributed by atoms with E-state index < -0.39 is 0 Å². The van der Waals surface area contributed by atoms with Crippen molar-refractivity contribution in [3.63, 3.8) is 0 Å². The summed E-state index contributed by atoms with van der Waals surface area (Å²) < 4.78 is 6.36. The Bertz CT molecular complexity index is 377. The zero-order chi connectivity index (χ0) is 11.5. The molecule has 1 aromatic heterocycles. The number of hydrogen-bond donors (Lipinski definition) is 0. The van der Waals surface area contributed by atoms with Gasteiger partial charge in [-0.2, -0.15) is 0 Å². The molecule has 0 N–H and O–H groups in total. The van der Waals surface area contributed by atoms with Crippen LogP contribution in [0.15, 0.2) is 10.7 Å². The first-order chi connectivity index (χ1) is 7.70. The maximum Gasteiger partial charge on any atom is 0.160 e. The van der Waals surface area contributed by atoms with E-state index in [1.807, 2.05) is 0 Å². The van der Waals surface area contributed by atoms with E-state index in [4.69, 9.17) is 16.3 Å².